The monoisotopic (exact) mass is 242 g/mol. The van der Waals surface area contributed by atoms with Crippen molar-refractivity contribution in [1.82, 2.24) is 0 Å². The highest BCUT2D eigenvalue weighted by Crippen LogP contribution is 2.58. The molecule has 0 saturated heterocycles. The molecule has 0 amide bonds. The van der Waals surface area contributed by atoms with Crippen LogP contribution in [0.25, 0.3) is 0 Å². The second kappa shape index (κ2) is 3.76. The number of hydrogen-bond donors (Lipinski definition) is 1. The topological polar surface area (TPSA) is 20.2 Å². The first-order valence-corrected chi connectivity index (χ1v) is 7.62. The number of phenols is 1. The SMILES string of the molecule is Oc1ccc2c(c1)C13CCCCC1C(CCC3)C2. The number of rotatable bonds is 0. The van der Waals surface area contributed by atoms with Crippen molar-refractivity contribution in [3.63, 3.8) is 0 Å². The molecule has 0 radical (unpaired) electrons. The first kappa shape index (κ1) is 10.9. The molecule has 3 aliphatic carbocycles. The van der Waals surface area contributed by atoms with Gasteiger partial charge in [0.25, 0.3) is 0 Å². The van der Waals surface area contributed by atoms with Crippen LogP contribution in [0.4, 0.5) is 0 Å². The molecule has 0 heterocycles. The highest BCUT2D eigenvalue weighted by Gasteiger charge is 2.51. The summed E-state index contributed by atoms with van der Waals surface area (Å²) in [5, 5.41) is 9.87. The Morgan fingerprint density at radius 2 is 1.94 bits per heavy atom. The van der Waals surface area contributed by atoms with Crippen LogP contribution in [0, 0.1) is 11.8 Å². The molecule has 4 rings (SSSR count). The lowest BCUT2D eigenvalue weighted by Gasteiger charge is -2.55. The largest absolute Gasteiger partial charge is 0.508 e. The van der Waals surface area contributed by atoms with Crippen LogP contribution < -0.4 is 0 Å². The maximum absolute atomic E-state index is 9.87. The Kier molecular flexibility index (Phi) is 2.27. The number of hydrogen-bond acceptors (Lipinski definition) is 1. The third-order valence-corrected chi connectivity index (χ3v) is 5.98. The van der Waals surface area contributed by atoms with Crippen molar-refractivity contribution in [3.8, 4) is 5.75 Å². The van der Waals surface area contributed by atoms with Gasteiger partial charge in [-0.15, -0.1) is 0 Å². The molecule has 18 heavy (non-hydrogen) atoms. The molecule has 1 nitrogen and oxygen atoms in total. The molecule has 3 aliphatic rings. The minimum absolute atomic E-state index is 0.438. The highest BCUT2D eigenvalue weighted by atomic mass is 16.3. The van der Waals surface area contributed by atoms with E-state index < -0.39 is 0 Å². The van der Waals surface area contributed by atoms with Crippen LogP contribution in [0.15, 0.2) is 18.2 Å². The molecule has 2 fully saturated rings. The van der Waals surface area contributed by atoms with Gasteiger partial charge in [-0.3, -0.25) is 0 Å². The van der Waals surface area contributed by atoms with E-state index in [1.807, 2.05) is 6.07 Å². The lowest BCUT2D eigenvalue weighted by molar-refractivity contribution is 0.0521. The van der Waals surface area contributed by atoms with Crippen molar-refractivity contribution >= 4 is 0 Å². The number of benzene rings is 1. The van der Waals surface area contributed by atoms with E-state index in [-0.39, 0.29) is 0 Å². The van der Waals surface area contributed by atoms with Gasteiger partial charge in [-0.25, -0.2) is 0 Å². The fraction of sp³-hybridized carbons (Fsp3) is 0.647. The van der Waals surface area contributed by atoms with Gasteiger partial charge in [0.1, 0.15) is 5.75 Å². The lowest BCUT2D eigenvalue weighted by atomic mass is 9.49. The zero-order chi connectivity index (χ0) is 12.2. The summed E-state index contributed by atoms with van der Waals surface area (Å²) in [6.45, 7) is 0. The summed E-state index contributed by atoms with van der Waals surface area (Å²) in [5.74, 6) is 2.31. The molecule has 1 heteroatoms. The molecule has 2 bridgehead atoms. The van der Waals surface area contributed by atoms with Crippen molar-refractivity contribution in [2.75, 3.05) is 0 Å². The van der Waals surface area contributed by atoms with E-state index in [1.165, 1.54) is 62.5 Å². The molecule has 1 N–H and O–H groups in total. The van der Waals surface area contributed by atoms with Crippen LogP contribution in [0.5, 0.6) is 5.75 Å². The minimum Gasteiger partial charge on any atom is -0.508 e. The van der Waals surface area contributed by atoms with Gasteiger partial charge >= 0.3 is 0 Å². The number of aromatic hydroxyl groups is 1. The molecular weight excluding hydrogens is 220 g/mol. The summed E-state index contributed by atoms with van der Waals surface area (Å²) < 4.78 is 0. The Balaban J connectivity index is 1.91. The average Bonchev–Trinajstić information content (AvgIpc) is 2.40. The molecule has 0 aromatic heterocycles. The predicted molar refractivity (Wildman–Crippen MR) is 72.8 cm³/mol. The van der Waals surface area contributed by atoms with Gasteiger partial charge in [0.2, 0.25) is 0 Å². The van der Waals surface area contributed by atoms with Gasteiger partial charge < -0.3 is 5.11 Å². The smallest absolute Gasteiger partial charge is 0.115 e. The second-order valence-electron chi connectivity index (χ2n) is 6.71. The molecule has 96 valence electrons. The standard InChI is InChI=1S/C17H22O/c18-14-7-6-13-10-12-4-3-9-17(16(13)11-14)8-2-1-5-15(12)17/h6-7,11-12,15,18H,1-5,8-10H2. The summed E-state index contributed by atoms with van der Waals surface area (Å²) in [6.07, 6.45) is 11.1. The van der Waals surface area contributed by atoms with Crippen molar-refractivity contribution < 1.29 is 5.11 Å². The first-order chi connectivity index (χ1) is 8.79. The van der Waals surface area contributed by atoms with E-state index in [0.29, 0.717) is 11.2 Å². The summed E-state index contributed by atoms with van der Waals surface area (Å²) in [6, 6.07) is 6.17. The van der Waals surface area contributed by atoms with E-state index in [4.69, 9.17) is 0 Å². The number of fused-ring (bicyclic) bond motifs is 1. The van der Waals surface area contributed by atoms with Gasteiger partial charge in [-0.05, 0) is 72.6 Å². The van der Waals surface area contributed by atoms with Gasteiger partial charge in [-0.2, -0.15) is 0 Å². The zero-order valence-corrected chi connectivity index (χ0v) is 11.0. The highest BCUT2D eigenvalue weighted by molar-refractivity contribution is 5.44. The summed E-state index contributed by atoms with van der Waals surface area (Å²) in [4.78, 5) is 0. The molecule has 0 aliphatic heterocycles. The molecule has 2 saturated carbocycles. The van der Waals surface area contributed by atoms with Crippen molar-refractivity contribution in [3.05, 3.63) is 29.3 Å². The molecule has 1 aromatic carbocycles. The Hall–Kier alpha value is -0.980. The molecular formula is C17H22O. The number of phenolic OH excluding ortho intramolecular Hbond substituents is 1. The Bertz CT molecular complexity index is 474. The van der Waals surface area contributed by atoms with Crippen LogP contribution in [0.1, 0.15) is 56.1 Å². The Morgan fingerprint density at radius 1 is 1.06 bits per heavy atom. The summed E-state index contributed by atoms with van der Waals surface area (Å²) >= 11 is 0. The zero-order valence-electron chi connectivity index (χ0n) is 11.0. The third-order valence-electron chi connectivity index (χ3n) is 5.98. The van der Waals surface area contributed by atoms with Crippen LogP contribution in [-0.2, 0) is 11.8 Å². The fourth-order valence-corrected chi connectivity index (χ4v) is 5.35. The molecule has 0 spiro atoms. The quantitative estimate of drug-likeness (QED) is 0.723. The van der Waals surface area contributed by atoms with Crippen molar-refractivity contribution in [1.29, 1.82) is 0 Å². The van der Waals surface area contributed by atoms with Gasteiger partial charge in [0.05, 0.1) is 0 Å². The Morgan fingerprint density at radius 3 is 2.89 bits per heavy atom. The predicted octanol–water partition coefficient (Wildman–Crippen LogP) is 4.18. The molecule has 3 atom stereocenters. The van der Waals surface area contributed by atoms with Gasteiger partial charge in [0, 0.05) is 0 Å². The Labute approximate surface area is 109 Å². The average molecular weight is 242 g/mol. The van der Waals surface area contributed by atoms with Crippen LogP contribution in [-0.4, -0.2) is 5.11 Å². The van der Waals surface area contributed by atoms with Crippen LogP contribution in [0.2, 0.25) is 0 Å². The van der Waals surface area contributed by atoms with Crippen molar-refractivity contribution in [2.24, 2.45) is 11.8 Å². The summed E-state index contributed by atoms with van der Waals surface area (Å²) in [7, 11) is 0. The molecule has 1 aromatic rings. The van der Waals surface area contributed by atoms with Crippen LogP contribution in [0.3, 0.4) is 0 Å². The lowest BCUT2D eigenvalue weighted by Crippen LogP contribution is -2.49. The summed E-state index contributed by atoms with van der Waals surface area (Å²) in [5.41, 5.74) is 3.49. The normalized spacial score (nSPS) is 37.8. The van der Waals surface area contributed by atoms with Gasteiger partial charge in [0.15, 0.2) is 0 Å². The van der Waals surface area contributed by atoms with E-state index in [0.717, 1.165) is 11.8 Å². The molecule has 3 unspecified atom stereocenters. The van der Waals surface area contributed by atoms with Crippen LogP contribution >= 0.6 is 0 Å². The third kappa shape index (κ3) is 1.34. The minimum atomic E-state index is 0.438. The van der Waals surface area contributed by atoms with E-state index in [2.05, 4.69) is 12.1 Å². The maximum Gasteiger partial charge on any atom is 0.115 e. The van der Waals surface area contributed by atoms with E-state index in [9.17, 15) is 5.11 Å². The fourth-order valence-electron chi connectivity index (χ4n) is 5.35. The van der Waals surface area contributed by atoms with E-state index >= 15 is 0 Å². The first-order valence-electron chi connectivity index (χ1n) is 7.62. The van der Waals surface area contributed by atoms with Crippen molar-refractivity contribution in [2.45, 2.75) is 56.8 Å². The van der Waals surface area contributed by atoms with Gasteiger partial charge in [-0.1, -0.05) is 25.3 Å². The maximum atomic E-state index is 9.87. The second-order valence-corrected chi connectivity index (χ2v) is 6.71. The van der Waals surface area contributed by atoms with E-state index in [1.54, 1.807) is 0 Å².